The fourth-order valence-electron chi connectivity index (χ4n) is 1.58. The normalized spacial score (nSPS) is 24.2. The predicted molar refractivity (Wildman–Crippen MR) is 48.2 cm³/mol. The van der Waals surface area contributed by atoms with E-state index < -0.39 is 5.60 Å². The van der Waals surface area contributed by atoms with E-state index in [1.165, 1.54) is 0 Å². The van der Waals surface area contributed by atoms with Gasteiger partial charge in [-0.3, -0.25) is 0 Å². The van der Waals surface area contributed by atoms with E-state index in [9.17, 15) is 5.11 Å². The van der Waals surface area contributed by atoms with E-state index >= 15 is 0 Å². The number of rotatable bonds is 3. The molecular weight excluding hydrogens is 154 g/mol. The third kappa shape index (κ3) is 2.73. The maximum absolute atomic E-state index is 10.0. The van der Waals surface area contributed by atoms with E-state index in [-0.39, 0.29) is 0 Å². The van der Waals surface area contributed by atoms with Crippen LogP contribution in [-0.4, -0.2) is 49.5 Å². The van der Waals surface area contributed by atoms with Gasteiger partial charge in [0.2, 0.25) is 0 Å². The van der Waals surface area contributed by atoms with Crippen LogP contribution in [0.25, 0.3) is 0 Å². The molecule has 0 saturated carbocycles. The monoisotopic (exact) mass is 173 g/mol. The van der Waals surface area contributed by atoms with E-state index in [2.05, 4.69) is 11.9 Å². The van der Waals surface area contributed by atoms with Crippen molar-refractivity contribution in [3.05, 3.63) is 0 Å². The first kappa shape index (κ1) is 9.96. The van der Waals surface area contributed by atoms with Gasteiger partial charge in [0.15, 0.2) is 0 Å². The molecule has 0 aromatic heterocycles. The van der Waals surface area contributed by atoms with Gasteiger partial charge in [-0.25, -0.2) is 0 Å². The zero-order chi connectivity index (χ0) is 9.03. The van der Waals surface area contributed by atoms with Crippen molar-refractivity contribution in [1.82, 2.24) is 4.90 Å². The van der Waals surface area contributed by atoms with Crippen molar-refractivity contribution < 1.29 is 9.84 Å². The molecule has 72 valence electrons. The molecule has 0 aromatic rings. The molecule has 0 aliphatic carbocycles. The number of piperidine rings is 1. The average molecular weight is 173 g/mol. The fourth-order valence-corrected chi connectivity index (χ4v) is 1.58. The van der Waals surface area contributed by atoms with Crippen LogP contribution in [-0.2, 0) is 4.74 Å². The molecule has 0 spiro atoms. The van der Waals surface area contributed by atoms with Crippen molar-refractivity contribution >= 4 is 0 Å². The van der Waals surface area contributed by atoms with Crippen LogP contribution in [0.1, 0.15) is 19.3 Å². The van der Waals surface area contributed by atoms with Gasteiger partial charge in [-0.05, 0) is 26.3 Å². The Balaban J connectivity index is 2.29. The number of hydrogen-bond donors (Lipinski definition) is 1. The van der Waals surface area contributed by atoms with Crippen molar-refractivity contribution in [3.63, 3.8) is 0 Å². The highest BCUT2D eigenvalue weighted by molar-refractivity contribution is 4.84. The molecule has 0 amide bonds. The number of aliphatic hydroxyl groups is 1. The first-order valence-electron chi connectivity index (χ1n) is 4.56. The van der Waals surface area contributed by atoms with Gasteiger partial charge in [-0.1, -0.05) is 0 Å². The molecule has 3 heteroatoms. The first-order valence-corrected chi connectivity index (χ1v) is 4.56. The van der Waals surface area contributed by atoms with Crippen LogP contribution in [0.4, 0.5) is 0 Å². The number of ether oxygens (including phenoxy) is 1. The molecule has 1 heterocycles. The van der Waals surface area contributed by atoms with Crippen LogP contribution in [0.15, 0.2) is 0 Å². The molecular formula is C9H19NO2. The molecule has 1 saturated heterocycles. The molecule has 1 N–H and O–H groups in total. The van der Waals surface area contributed by atoms with Crippen molar-refractivity contribution in [2.24, 2.45) is 0 Å². The number of likely N-dealkylation sites (tertiary alicyclic amines) is 1. The summed E-state index contributed by atoms with van der Waals surface area (Å²) < 4.78 is 4.96. The van der Waals surface area contributed by atoms with Gasteiger partial charge in [0.1, 0.15) is 0 Å². The summed E-state index contributed by atoms with van der Waals surface area (Å²) in [7, 11) is 3.77. The van der Waals surface area contributed by atoms with Gasteiger partial charge in [-0.2, -0.15) is 0 Å². The summed E-state index contributed by atoms with van der Waals surface area (Å²) in [4.78, 5) is 2.25. The molecule has 1 rings (SSSR count). The van der Waals surface area contributed by atoms with E-state index in [0.717, 1.165) is 32.4 Å². The minimum atomic E-state index is -0.456. The first-order chi connectivity index (χ1) is 5.66. The number of hydrogen-bond acceptors (Lipinski definition) is 3. The summed E-state index contributed by atoms with van der Waals surface area (Å²) in [6.45, 7) is 2.67. The second-order valence-electron chi connectivity index (χ2n) is 3.77. The highest BCUT2D eigenvalue weighted by atomic mass is 16.5. The number of nitrogens with zero attached hydrogens (tertiary/aromatic N) is 1. The molecule has 0 bridgehead atoms. The van der Waals surface area contributed by atoms with Crippen molar-refractivity contribution in [1.29, 1.82) is 0 Å². The van der Waals surface area contributed by atoms with Crippen LogP contribution in [0, 0.1) is 0 Å². The zero-order valence-corrected chi connectivity index (χ0v) is 8.05. The minimum Gasteiger partial charge on any atom is -0.390 e. The lowest BCUT2D eigenvalue weighted by molar-refractivity contribution is -0.0368. The van der Waals surface area contributed by atoms with Crippen LogP contribution in [0.3, 0.4) is 0 Å². The highest BCUT2D eigenvalue weighted by Crippen LogP contribution is 2.24. The van der Waals surface area contributed by atoms with E-state index in [1.807, 2.05) is 0 Å². The van der Waals surface area contributed by atoms with Crippen LogP contribution >= 0.6 is 0 Å². The van der Waals surface area contributed by atoms with Crippen molar-refractivity contribution in [2.75, 3.05) is 33.9 Å². The Morgan fingerprint density at radius 3 is 2.50 bits per heavy atom. The van der Waals surface area contributed by atoms with Crippen LogP contribution < -0.4 is 0 Å². The lowest BCUT2D eigenvalue weighted by atomic mass is 9.89. The zero-order valence-electron chi connectivity index (χ0n) is 8.05. The lowest BCUT2D eigenvalue weighted by Gasteiger charge is -2.36. The van der Waals surface area contributed by atoms with Gasteiger partial charge in [0.05, 0.1) is 5.60 Å². The summed E-state index contributed by atoms with van der Waals surface area (Å²) in [5.74, 6) is 0. The van der Waals surface area contributed by atoms with Crippen LogP contribution in [0.2, 0.25) is 0 Å². The van der Waals surface area contributed by atoms with E-state index in [0.29, 0.717) is 6.61 Å². The summed E-state index contributed by atoms with van der Waals surface area (Å²) >= 11 is 0. The molecule has 12 heavy (non-hydrogen) atoms. The molecule has 0 atom stereocenters. The average Bonchev–Trinajstić information content (AvgIpc) is 2.08. The standard InChI is InChI=1S/C9H19NO2/c1-10-6-3-9(11,4-7-10)5-8-12-2/h11H,3-8H2,1-2H3. The highest BCUT2D eigenvalue weighted by Gasteiger charge is 2.30. The second-order valence-corrected chi connectivity index (χ2v) is 3.77. The topological polar surface area (TPSA) is 32.7 Å². The Bertz CT molecular complexity index is 125. The molecule has 0 unspecified atom stereocenters. The molecule has 1 fully saturated rings. The third-order valence-corrected chi connectivity index (χ3v) is 2.69. The molecule has 0 radical (unpaired) electrons. The van der Waals surface area contributed by atoms with Crippen molar-refractivity contribution in [3.8, 4) is 0 Å². The van der Waals surface area contributed by atoms with Gasteiger partial charge in [0, 0.05) is 26.8 Å². The Morgan fingerprint density at radius 2 is 2.00 bits per heavy atom. The fraction of sp³-hybridized carbons (Fsp3) is 1.00. The summed E-state index contributed by atoms with van der Waals surface area (Å²) in [6, 6.07) is 0. The Hall–Kier alpha value is -0.120. The number of methoxy groups -OCH3 is 1. The molecule has 3 nitrogen and oxygen atoms in total. The summed E-state index contributed by atoms with van der Waals surface area (Å²) in [5, 5.41) is 10.0. The minimum absolute atomic E-state index is 0.456. The summed E-state index contributed by atoms with van der Waals surface area (Å²) in [6.07, 6.45) is 2.54. The molecule has 1 aliphatic heterocycles. The Kier molecular flexibility index (Phi) is 3.50. The SMILES string of the molecule is COCCC1(O)CCN(C)CC1. The van der Waals surface area contributed by atoms with Gasteiger partial charge in [-0.15, -0.1) is 0 Å². The third-order valence-electron chi connectivity index (χ3n) is 2.69. The summed E-state index contributed by atoms with van der Waals surface area (Å²) in [5.41, 5.74) is -0.456. The van der Waals surface area contributed by atoms with E-state index in [4.69, 9.17) is 4.74 Å². The van der Waals surface area contributed by atoms with Gasteiger partial charge < -0.3 is 14.7 Å². The Morgan fingerprint density at radius 1 is 1.42 bits per heavy atom. The predicted octanol–water partition coefficient (Wildman–Crippen LogP) is 0.480. The van der Waals surface area contributed by atoms with E-state index in [1.54, 1.807) is 7.11 Å². The van der Waals surface area contributed by atoms with Crippen molar-refractivity contribution in [2.45, 2.75) is 24.9 Å². The largest absolute Gasteiger partial charge is 0.390 e. The molecule has 0 aromatic carbocycles. The lowest BCUT2D eigenvalue weighted by Crippen LogP contribution is -2.43. The Labute approximate surface area is 74.3 Å². The maximum atomic E-state index is 10.0. The van der Waals surface area contributed by atoms with Crippen LogP contribution in [0.5, 0.6) is 0 Å². The molecule has 1 aliphatic rings. The second kappa shape index (κ2) is 4.21. The van der Waals surface area contributed by atoms with Gasteiger partial charge >= 0.3 is 0 Å². The smallest absolute Gasteiger partial charge is 0.0694 e. The van der Waals surface area contributed by atoms with Gasteiger partial charge in [0.25, 0.3) is 0 Å². The quantitative estimate of drug-likeness (QED) is 0.674. The maximum Gasteiger partial charge on any atom is 0.0694 e.